The standard InChI is InChI=1S/C14H16ClN3O/c1-9-11(4-3-7-17-9)14(18-16)12-8-10(15)5-6-13(12)19-2/h3-8,14,18H,16H2,1-2H3. The van der Waals surface area contributed by atoms with Crippen molar-refractivity contribution in [3.8, 4) is 5.75 Å². The van der Waals surface area contributed by atoms with Gasteiger partial charge in [0.2, 0.25) is 0 Å². The van der Waals surface area contributed by atoms with E-state index in [-0.39, 0.29) is 6.04 Å². The smallest absolute Gasteiger partial charge is 0.124 e. The Balaban J connectivity index is 2.54. The minimum atomic E-state index is -0.220. The number of nitrogens with zero attached hydrogens (tertiary/aromatic N) is 1. The van der Waals surface area contributed by atoms with Crippen LogP contribution in [0, 0.1) is 6.92 Å². The lowest BCUT2D eigenvalue weighted by atomic mass is 9.97. The van der Waals surface area contributed by atoms with Gasteiger partial charge in [-0.2, -0.15) is 0 Å². The van der Waals surface area contributed by atoms with Gasteiger partial charge in [0.25, 0.3) is 0 Å². The number of hydrogen-bond acceptors (Lipinski definition) is 4. The van der Waals surface area contributed by atoms with Crippen LogP contribution >= 0.6 is 11.6 Å². The Morgan fingerprint density at radius 2 is 2.11 bits per heavy atom. The summed E-state index contributed by atoms with van der Waals surface area (Å²) in [6, 6.07) is 9.09. The van der Waals surface area contributed by atoms with Gasteiger partial charge in [-0.1, -0.05) is 17.7 Å². The Hall–Kier alpha value is -1.62. The maximum atomic E-state index is 6.06. The second-order valence-corrected chi connectivity index (χ2v) is 4.60. The van der Waals surface area contributed by atoms with E-state index in [1.54, 1.807) is 19.4 Å². The molecule has 0 amide bonds. The fourth-order valence-corrected chi connectivity index (χ4v) is 2.26. The van der Waals surface area contributed by atoms with Crippen molar-refractivity contribution in [1.82, 2.24) is 10.4 Å². The van der Waals surface area contributed by atoms with Gasteiger partial charge in [-0.15, -0.1) is 0 Å². The average Bonchev–Trinajstić information content (AvgIpc) is 2.42. The maximum Gasteiger partial charge on any atom is 0.124 e. The Morgan fingerprint density at radius 1 is 1.32 bits per heavy atom. The summed E-state index contributed by atoms with van der Waals surface area (Å²) in [6.07, 6.45) is 1.75. The van der Waals surface area contributed by atoms with Gasteiger partial charge >= 0.3 is 0 Å². The Morgan fingerprint density at radius 3 is 2.74 bits per heavy atom. The number of methoxy groups -OCH3 is 1. The van der Waals surface area contributed by atoms with E-state index >= 15 is 0 Å². The first kappa shape index (κ1) is 13.8. The molecule has 100 valence electrons. The number of ether oxygens (including phenoxy) is 1. The quantitative estimate of drug-likeness (QED) is 0.666. The zero-order chi connectivity index (χ0) is 13.8. The first-order chi connectivity index (χ1) is 9.17. The fraction of sp³-hybridized carbons (Fsp3) is 0.214. The maximum absolute atomic E-state index is 6.06. The van der Waals surface area contributed by atoms with Gasteiger partial charge in [-0.05, 0) is 36.8 Å². The molecule has 0 aliphatic carbocycles. The SMILES string of the molecule is COc1ccc(Cl)cc1C(NN)c1cccnc1C. The molecule has 0 saturated carbocycles. The van der Waals surface area contributed by atoms with Gasteiger partial charge in [0.15, 0.2) is 0 Å². The molecule has 3 N–H and O–H groups in total. The lowest BCUT2D eigenvalue weighted by Gasteiger charge is -2.21. The highest BCUT2D eigenvalue weighted by Gasteiger charge is 2.19. The number of nitrogens with one attached hydrogen (secondary N) is 1. The summed E-state index contributed by atoms with van der Waals surface area (Å²) in [5.41, 5.74) is 5.58. The highest BCUT2D eigenvalue weighted by Crippen LogP contribution is 2.32. The van der Waals surface area contributed by atoms with Crippen molar-refractivity contribution in [2.24, 2.45) is 5.84 Å². The average molecular weight is 278 g/mol. The largest absolute Gasteiger partial charge is 0.496 e. The molecule has 4 nitrogen and oxygen atoms in total. The van der Waals surface area contributed by atoms with Gasteiger partial charge in [-0.25, -0.2) is 5.43 Å². The van der Waals surface area contributed by atoms with Crippen molar-refractivity contribution >= 4 is 11.6 Å². The molecule has 0 aliphatic heterocycles. The molecule has 0 spiro atoms. The van der Waals surface area contributed by atoms with Crippen LogP contribution in [-0.2, 0) is 0 Å². The number of halogens is 1. The Labute approximate surface area is 117 Å². The molecule has 1 aromatic carbocycles. The van der Waals surface area contributed by atoms with Crippen LogP contribution in [-0.4, -0.2) is 12.1 Å². The summed E-state index contributed by atoms with van der Waals surface area (Å²) in [4.78, 5) is 4.28. The number of benzene rings is 1. The molecular weight excluding hydrogens is 262 g/mol. The Bertz CT molecular complexity index is 574. The van der Waals surface area contributed by atoms with Crippen molar-refractivity contribution in [1.29, 1.82) is 0 Å². The third-order valence-corrected chi connectivity index (χ3v) is 3.26. The van der Waals surface area contributed by atoms with Crippen LogP contribution in [0.3, 0.4) is 0 Å². The summed E-state index contributed by atoms with van der Waals surface area (Å²) in [6.45, 7) is 1.94. The van der Waals surface area contributed by atoms with E-state index in [4.69, 9.17) is 22.2 Å². The van der Waals surface area contributed by atoms with Crippen molar-refractivity contribution in [3.05, 3.63) is 58.4 Å². The molecule has 0 saturated heterocycles. The van der Waals surface area contributed by atoms with Gasteiger partial charge in [0.1, 0.15) is 5.75 Å². The topological polar surface area (TPSA) is 60.2 Å². The number of aryl methyl sites for hydroxylation is 1. The number of nitrogens with two attached hydrogens (primary N) is 1. The van der Waals surface area contributed by atoms with Gasteiger partial charge in [-0.3, -0.25) is 10.8 Å². The molecular formula is C14H16ClN3O. The number of aromatic nitrogens is 1. The molecule has 1 atom stereocenters. The summed E-state index contributed by atoms with van der Waals surface area (Å²) in [5, 5.41) is 0.637. The van der Waals surface area contributed by atoms with Crippen LogP contribution in [0.1, 0.15) is 22.9 Å². The first-order valence-electron chi connectivity index (χ1n) is 5.88. The van der Waals surface area contributed by atoms with E-state index in [2.05, 4.69) is 10.4 Å². The lowest BCUT2D eigenvalue weighted by molar-refractivity contribution is 0.404. The Kier molecular flexibility index (Phi) is 4.37. The van der Waals surface area contributed by atoms with Crippen LogP contribution in [0.5, 0.6) is 5.75 Å². The van der Waals surface area contributed by atoms with Gasteiger partial charge in [0.05, 0.1) is 13.2 Å². The molecule has 2 rings (SSSR count). The number of pyridine rings is 1. The third kappa shape index (κ3) is 2.87. The zero-order valence-corrected chi connectivity index (χ0v) is 11.6. The molecule has 1 unspecified atom stereocenters. The summed E-state index contributed by atoms with van der Waals surface area (Å²) < 4.78 is 5.37. The minimum Gasteiger partial charge on any atom is -0.496 e. The minimum absolute atomic E-state index is 0.220. The van der Waals surface area contributed by atoms with Crippen molar-refractivity contribution < 1.29 is 4.74 Å². The van der Waals surface area contributed by atoms with Crippen LogP contribution in [0.4, 0.5) is 0 Å². The predicted octanol–water partition coefficient (Wildman–Crippen LogP) is 2.60. The molecule has 0 bridgehead atoms. The molecule has 0 fully saturated rings. The molecule has 2 aromatic rings. The molecule has 1 heterocycles. The van der Waals surface area contributed by atoms with Crippen LogP contribution in [0.25, 0.3) is 0 Å². The third-order valence-electron chi connectivity index (χ3n) is 3.03. The molecule has 5 heteroatoms. The monoisotopic (exact) mass is 277 g/mol. The predicted molar refractivity (Wildman–Crippen MR) is 76.1 cm³/mol. The van der Waals surface area contributed by atoms with Crippen LogP contribution < -0.4 is 16.0 Å². The highest BCUT2D eigenvalue weighted by atomic mass is 35.5. The number of rotatable bonds is 4. The second kappa shape index (κ2) is 6.02. The lowest BCUT2D eigenvalue weighted by Crippen LogP contribution is -2.29. The molecule has 0 radical (unpaired) electrons. The van der Waals surface area contributed by atoms with E-state index in [0.29, 0.717) is 5.02 Å². The van der Waals surface area contributed by atoms with Gasteiger partial charge in [0, 0.05) is 22.5 Å². The second-order valence-electron chi connectivity index (χ2n) is 4.16. The summed E-state index contributed by atoms with van der Waals surface area (Å²) in [7, 11) is 1.62. The normalized spacial score (nSPS) is 12.2. The van der Waals surface area contributed by atoms with Crippen molar-refractivity contribution in [2.75, 3.05) is 7.11 Å². The van der Waals surface area contributed by atoms with Gasteiger partial charge < -0.3 is 4.74 Å². The van der Waals surface area contributed by atoms with Crippen molar-refractivity contribution in [2.45, 2.75) is 13.0 Å². The van der Waals surface area contributed by atoms with E-state index < -0.39 is 0 Å². The van der Waals surface area contributed by atoms with E-state index in [1.807, 2.05) is 31.2 Å². The van der Waals surface area contributed by atoms with Crippen LogP contribution in [0.15, 0.2) is 36.5 Å². The molecule has 0 aliphatic rings. The van der Waals surface area contributed by atoms with E-state index in [1.165, 1.54) is 0 Å². The van der Waals surface area contributed by atoms with Crippen molar-refractivity contribution in [3.63, 3.8) is 0 Å². The number of hydrazine groups is 1. The fourth-order valence-electron chi connectivity index (χ4n) is 2.08. The first-order valence-corrected chi connectivity index (χ1v) is 6.26. The molecule has 1 aromatic heterocycles. The molecule has 19 heavy (non-hydrogen) atoms. The number of hydrogen-bond donors (Lipinski definition) is 2. The summed E-state index contributed by atoms with van der Waals surface area (Å²) >= 11 is 6.06. The zero-order valence-electron chi connectivity index (χ0n) is 10.9. The van der Waals surface area contributed by atoms with Crippen LogP contribution in [0.2, 0.25) is 5.02 Å². The highest BCUT2D eigenvalue weighted by molar-refractivity contribution is 6.30. The summed E-state index contributed by atoms with van der Waals surface area (Å²) in [5.74, 6) is 6.43. The van der Waals surface area contributed by atoms with E-state index in [9.17, 15) is 0 Å². The van der Waals surface area contributed by atoms with E-state index in [0.717, 1.165) is 22.6 Å².